The monoisotopic (exact) mass is 227 g/mol. The third kappa shape index (κ3) is 3.20. The van der Waals surface area contributed by atoms with Crippen LogP contribution in [0.2, 0.25) is 0 Å². The minimum absolute atomic E-state index is 0.0260. The molecule has 0 unspecified atom stereocenters. The van der Waals surface area contributed by atoms with Gasteiger partial charge in [0.15, 0.2) is 0 Å². The number of carbonyl (C=O) groups excluding carboxylic acids is 1. The lowest BCUT2D eigenvalue weighted by Crippen LogP contribution is -2.47. The molecule has 0 aromatic heterocycles. The number of ether oxygens (including phenoxy) is 1. The molecule has 0 aromatic carbocycles. The number of nitrogens with one attached hydrogen (secondary N) is 1. The van der Waals surface area contributed by atoms with E-state index in [0.717, 1.165) is 0 Å². The third-order valence-corrected chi connectivity index (χ3v) is 3.14. The molecule has 5 heteroatoms. The summed E-state index contributed by atoms with van der Waals surface area (Å²) in [6.07, 6.45) is 3.52. The van der Waals surface area contributed by atoms with Gasteiger partial charge in [0.2, 0.25) is 5.91 Å². The number of carbonyl (C=O) groups is 2. The van der Waals surface area contributed by atoms with Crippen molar-refractivity contribution in [2.45, 2.75) is 31.7 Å². The molecule has 2 saturated carbocycles. The van der Waals surface area contributed by atoms with Gasteiger partial charge in [0.05, 0.1) is 12.5 Å². The zero-order valence-electron chi connectivity index (χ0n) is 9.15. The van der Waals surface area contributed by atoms with E-state index in [4.69, 9.17) is 9.84 Å². The second kappa shape index (κ2) is 4.82. The Bertz CT molecular complexity index is 282. The molecule has 0 spiro atoms. The van der Waals surface area contributed by atoms with Gasteiger partial charge in [0, 0.05) is 6.04 Å². The maximum absolute atomic E-state index is 11.3. The third-order valence-electron chi connectivity index (χ3n) is 3.14. The van der Waals surface area contributed by atoms with E-state index >= 15 is 0 Å². The number of hydrogen-bond donors (Lipinski definition) is 2. The molecule has 2 aliphatic carbocycles. The normalized spacial score (nSPS) is 28.2. The summed E-state index contributed by atoms with van der Waals surface area (Å²) in [6.45, 7) is 0.778. The predicted octanol–water partition coefficient (Wildman–Crippen LogP) is 0.392. The largest absolute Gasteiger partial charge is 0.481 e. The van der Waals surface area contributed by atoms with Crippen molar-refractivity contribution in [3.05, 3.63) is 0 Å². The van der Waals surface area contributed by atoms with Crippen LogP contribution in [0.1, 0.15) is 25.7 Å². The van der Waals surface area contributed by atoms with Crippen LogP contribution in [0.4, 0.5) is 0 Å². The Kier molecular flexibility index (Phi) is 3.43. The van der Waals surface area contributed by atoms with E-state index in [-0.39, 0.29) is 24.5 Å². The Labute approximate surface area is 94.2 Å². The standard InChI is InChI=1S/C11H17NO4/c13-10(6-16-5-7-1-2-7)12-9-3-8(4-9)11(14)15/h7-9H,1-6H2,(H,12,13)(H,14,15). The molecule has 0 heterocycles. The fourth-order valence-corrected chi connectivity index (χ4v) is 1.81. The fourth-order valence-electron chi connectivity index (χ4n) is 1.81. The first kappa shape index (κ1) is 11.4. The second-order valence-electron chi connectivity index (χ2n) is 4.73. The van der Waals surface area contributed by atoms with Gasteiger partial charge in [-0.05, 0) is 31.6 Å². The first-order chi connectivity index (χ1) is 7.65. The first-order valence-electron chi connectivity index (χ1n) is 5.75. The van der Waals surface area contributed by atoms with Crippen molar-refractivity contribution in [2.75, 3.05) is 13.2 Å². The smallest absolute Gasteiger partial charge is 0.306 e. The first-order valence-corrected chi connectivity index (χ1v) is 5.75. The second-order valence-corrected chi connectivity index (χ2v) is 4.73. The van der Waals surface area contributed by atoms with E-state index in [1.54, 1.807) is 0 Å². The molecule has 2 aliphatic rings. The van der Waals surface area contributed by atoms with Crippen LogP contribution < -0.4 is 5.32 Å². The number of aliphatic carboxylic acids is 1. The predicted molar refractivity (Wildman–Crippen MR) is 55.8 cm³/mol. The molecule has 90 valence electrons. The topological polar surface area (TPSA) is 75.6 Å². The average Bonchev–Trinajstić information content (AvgIpc) is 2.93. The summed E-state index contributed by atoms with van der Waals surface area (Å²) < 4.78 is 5.23. The van der Waals surface area contributed by atoms with Crippen molar-refractivity contribution in [3.63, 3.8) is 0 Å². The van der Waals surface area contributed by atoms with Crippen molar-refractivity contribution in [3.8, 4) is 0 Å². The molecule has 5 nitrogen and oxygen atoms in total. The molecule has 0 aromatic rings. The van der Waals surface area contributed by atoms with Crippen molar-refractivity contribution in [1.82, 2.24) is 5.32 Å². The van der Waals surface area contributed by atoms with E-state index in [1.807, 2.05) is 0 Å². The van der Waals surface area contributed by atoms with Gasteiger partial charge in [0.25, 0.3) is 0 Å². The van der Waals surface area contributed by atoms with Crippen molar-refractivity contribution in [2.24, 2.45) is 11.8 Å². The summed E-state index contributed by atoms with van der Waals surface area (Å²) in [7, 11) is 0. The molecule has 0 radical (unpaired) electrons. The Morgan fingerprint density at radius 2 is 2.00 bits per heavy atom. The summed E-state index contributed by atoms with van der Waals surface area (Å²) in [5.41, 5.74) is 0. The van der Waals surface area contributed by atoms with Crippen molar-refractivity contribution >= 4 is 11.9 Å². The summed E-state index contributed by atoms with van der Waals surface area (Å²) >= 11 is 0. The molecule has 2 fully saturated rings. The van der Waals surface area contributed by atoms with E-state index in [9.17, 15) is 9.59 Å². The average molecular weight is 227 g/mol. The SMILES string of the molecule is O=C(COCC1CC1)NC1CC(C(=O)O)C1. The number of amides is 1. The molecule has 0 aliphatic heterocycles. The van der Waals surface area contributed by atoms with Gasteiger partial charge in [-0.3, -0.25) is 9.59 Å². The number of carboxylic acids is 1. The van der Waals surface area contributed by atoms with Gasteiger partial charge in [0.1, 0.15) is 6.61 Å². The lowest BCUT2D eigenvalue weighted by molar-refractivity contribution is -0.146. The highest BCUT2D eigenvalue weighted by atomic mass is 16.5. The highest BCUT2D eigenvalue weighted by Gasteiger charge is 2.35. The van der Waals surface area contributed by atoms with Crippen molar-refractivity contribution in [1.29, 1.82) is 0 Å². The van der Waals surface area contributed by atoms with E-state index < -0.39 is 5.97 Å². The highest BCUT2D eigenvalue weighted by Crippen LogP contribution is 2.29. The summed E-state index contributed by atoms with van der Waals surface area (Å²) in [5.74, 6) is -0.518. The zero-order valence-corrected chi connectivity index (χ0v) is 9.15. The van der Waals surface area contributed by atoms with E-state index in [1.165, 1.54) is 12.8 Å². The van der Waals surface area contributed by atoms with Crippen LogP contribution in [0.15, 0.2) is 0 Å². The highest BCUT2D eigenvalue weighted by molar-refractivity contribution is 5.78. The van der Waals surface area contributed by atoms with Gasteiger partial charge in [-0.25, -0.2) is 0 Å². The fraction of sp³-hybridized carbons (Fsp3) is 0.818. The Morgan fingerprint density at radius 1 is 1.31 bits per heavy atom. The minimum atomic E-state index is -0.768. The maximum Gasteiger partial charge on any atom is 0.306 e. The van der Waals surface area contributed by atoms with Gasteiger partial charge < -0.3 is 15.2 Å². The number of rotatable bonds is 6. The van der Waals surface area contributed by atoms with Crippen LogP contribution in [-0.4, -0.2) is 36.2 Å². The van der Waals surface area contributed by atoms with Crippen LogP contribution in [0, 0.1) is 11.8 Å². The Hall–Kier alpha value is -1.10. The lowest BCUT2D eigenvalue weighted by atomic mass is 9.80. The molecule has 2 rings (SSSR count). The van der Waals surface area contributed by atoms with Gasteiger partial charge in [-0.1, -0.05) is 0 Å². The van der Waals surface area contributed by atoms with E-state index in [0.29, 0.717) is 25.4 Å². The maximum atomic E-state index is 11.3. The molecule has 1 amide bonds. The molecular formula is C11H17NO4. The Morgan fingerprint density at radius 3 is 2.56 bits per heavy atom. The minimum Gasteiger partial charge on any atom is -0.481 e. The van der Waals surface area contributed by atoms with Crippen LogP contribution in [0.25, 0.3) is 0 Å². The van der Waals surface area contributed by atoms with Crippen LogP contribution in [0.3, 0.4) is 0 Å². The van der Waals surface area contributed by atoms with Gasteiger partial charge >= 0.3 is 5.97 Å². The summed E-state index contributed by atoms with van der Waals surface area (Å²) in [6, 6.07) is 0.0260. The lowest BCUT2D eigenvalue weighted by Gasteiger charge is -2.32. The van der Waals surface area contributed by atoms with Gasteiger partial charge in [-0.2, -0.15) is 0 Å². The number of hydrogen-bond acceptors (Lipinski definition) is 3. The molecule has 0 atom stereocenters. The van der Waals surface area contributed by atoms with Crippen LogP contribution in [-0.2, 0) is 14.3 Å². The summed E-state index contributed by atoms with van der Waals surface area (Å²) in [5, 5.41) is 11.4. The molecule has 0 saturated heterocycles. The molecule has 16 heavy (non-hydrogen) atoms. The van der Waals surface area contributed by atoms with Crippen molar-refractivity contribution < 1.29 is 19.4 Å². The Balaban J connectivity index is 1.52. The van der Waals surface area contributed by atoms with Crippen LogP contribution >= 0.6 is 0 Å². The van der Waals surface area contributed by atoms with Crippen LogP contribution in [0.5, 0.6) is 0 Å². The summed E-state index contributed by atoms with van der Waals surface area (Å²) in [4.78, 5) is 21.9. The molecule has 0 bridgehead atoms. The molecule has 2 N–H and O–H groups in total. The number of carboxylic acid groups (broad SMARTS) is 1. The zero-order chi connectivity index (χ0) is 11.5. The van der Waals surface area contributed by atoms with Gasteiger partial charge in [-0.15, -0.1) is 0 Å². The quantitative estimate of drug-likeness (QED) is 0.688. The molecular weight excluding hydrogens is 210 g/mol. The van der Waals surface area contributed by atoms with E-state index in [2.05, 4.69) is 5.32 Å².